The van der Waals surface area contributed by atoms with Crippen molar-refractivity contribution in [3.8, 4) is 5.75 Å². The first-order chi connectivity index (χ1) is 20.4. The number of carbonyl (C=O) groups is 1. The molecule has 1 aromatic carbocycles. The van der Waals surface area contributed by atoms with Crippen molar-refractivity contribution in [3.05, 3.63) is 53.5 Å². The van der Waals surface area contributed by atoms with Gasteiger partial charge < -0.3 is 28.7 Å². The van der Waals surface area contributed by atoms with Gasteiger partial charge in [0.25, 0.3) is 0 Å². The molecule has 0 spiro atoms. The monoisotopic (exact) mass is 621 g/mol. The zero-order chi connectivity index (χ0) is 30.7. The first-order valence-corrected chi connectivity index (χ1v) is 16.3. The molecule has 2 N–H and O–H groups in total. The van der Waals surface area contributed by atoms with Crippen LogP contribution in [0.5, 0.6) is 5.75 Å². The summed E-state index contributed by atoms with van der Waals surface area (Å²) in [4.78, 5) is 23.5. The second-order valence-corrected chi connectivity index (χ2v) is 11.4. The molecular formula is C30H45ClN5O5P. The Morgan fingerprint density at radius 1 is 1.19 bits per heavy atom. The Hall–Kier alpha value is -2.49. The number of allylic oxidation sites excluding steroid dienone is 1. The highest BCUT2D eigenvalue weighted by molar-refractivity contribution is 7.45. The number of esters is 1. The summed E-state index contributed by atoms with van der Waals surface area (Å²) in [5.74, 6) is 2.20. The summed E-state index contributed by atoms with van der Waals surface area (Å²) in [5.41, 5.74) is 0.248. The molecule has 1 aromatic heterocycles. The minimum Gasteiger partial charge on any atom is -0.468 e. The lowest BCUT2D eigenvalue weighted by Crippen LogP contribution is -2.56. The number of aromatic nitrogens is 2. The smallest absolute Gasteiger partial charge is 0.326 e. The summed E-state index contributed by atoms with van der Waals surface area (Å²) in [6, 6.07) is 7.06. The van der Waals surface area contributed by atoms with E-state index in [0.717, 1.165) is 36.5 Å². The molecule has 12 heteroatoms. The molecule has 0 bridgehead atoms. The van der Waals surface area contributed by atoms with Crippen LogP contribution in [-0.4, -0.2) is 54.6 Å². The van der Waals surface area contributed by atoms with Crippen molar-refractivity contribution < 1.29 is 23.3 Å². The van der Waals surface area contributed by atoms with Crippen molar-refractivity contribution in [1.29, 1.82) is 0 Å². The van der Waals surface area contributed by atoms with Crippen molar-refractivity contribution in [1.82, 2.24) is 15.1 Å². The molecule has 42 heavy (non-hydrogen) atoms. The van der Waals surface area contributed by atoms with Gasteiger partial charge in [-0.05, 0) is 56.4 Å². The Morgan fingerprint density at radius 2 is 1.90 bits per heavy atom. The topological polar surface area (TPSA) is 107 Å². The largest absolute Gasteiger partial charge is 0.468 e. The molecule has 5 rings (SSSR count). The summed E-state index contributed by atoms with van der Waals surface area (Å²) >= 11 is 6.04. The molecule has 1 saturated carbocycles. The highest BCUT2D eigenvalue weighted by Crippen LogP contribution is 2.45. The predicted molar refractivity (Wildman–Crippen MR) is 169 cm³/mol. The Balaban J connectivity index is 0.00000116. The molecule has 2 fully saturated rings. The number of ether oxygens (including phenoxy) is 2. The fourth-order valence-corrected chi connectivity index (χ4v) is 6.61. The number of rotatable bonds is 10. The number of carbonyl (C=O) groups excluding carboxylic acids is 1. The number of methoxy groups -OCH3 is 1. The molecule has 232 valence electrons. The van der Waals surface area contributed by atoms with Gasteiger partial charge in [0.15, 0.2) is 0 Å². The molecule has 1 saturated heterocycles. The highest BCUT2D eigenvalue weighted by atomic mass is 35.5. The number of nitrogens with one attached hydrogen (secondary N) is 2. The van der Waals surface area contributed by atoms with Gasteiger partial charge in [0.05, 0.1) is 19.8 Å². The quantitative estimate of drug-likeness (QED) is 0.216. The predicted octanol–water partition coefficient (Wildman–Crippen LogP) is 6.86. The Bertz CT molecular complexity index is 1170. The first kappa shape index (κ1) is 34.0. The van der Waals surface area contributed by atoms with Crippen LogP contribution in [0.1, 0.15) is 65.9 Å². The summed E-state index contributed by atoms with van der Waals surface area (Å²) < 4.78 is 24.0. The van der Waals surface area contributed by atoms with Gasteiger partial charge in [-0.3, -0.25) is 4.79 Å². The third-order valence-corrected chi connectivity index (χ3v) is 8.81. The van der Waals surface area contributed by atoms with E-state index in [1.54, 1.807) is 30.6 Å². The van der Waals surface area contributed by atoms with Gasteiger partial charge in [-0.2, -0.15) is 0 Å². The zero-order valence-corrected chi connectivity index (χ0v) is 27.4. The normalized spacial score (nSPS) is 22.3. The minimum atomic E-state index is -1.67. The second kappa shape index (κ2) is 16.4. The standard InChI is InChI=1S/C26H33ClN5O5P.2C2H6/c1-17-14-20(36-24(17)32-13-4-6-21-22(28-2)29-16-30-23(21)32)15-35-38(37-19-9-7-18(27)8-10-19)31-26(11-5-12-26)25(33)34-3;2*1-2/h4,7-10,13,16-17,20,24,31H,5-6,11-12,14-15H2,1-3H3,(H,28,29,30);2*1-2H3. The number of anilines is 2. The van der Waals surface area contributed by atoms with E-state index in [-0.39, 0.29) is 24.2 Å². The fraction of sp³-hybridized carbons (Fsp3) is 0.567. The molecule has 0 radical (unpaired) electrons. The lowest BCUT2D eigenvalue weighted by Gasteiger charge is -2.41. The second-order valence-electron chi connectivity index (χ2n) is 9.77. The molecule has 0 amide bonds. The van der Waals surface area contributed by atoms with Crippen molar-refractivity contribution in [2.24, 2.45) is 5.92 Å². The van der Waals surface area contributed by atoms with E-state index in [2.05, 4.69) is 38.3 Å². The summed E-state index contributed by atoms with van der Waals surface area (Å²) in [6.45, 7) is 10.5. The fourth-order valence-electron chi connectivity index (χ4n) is 5.04. The maximum atomic E-state index is 12.6. The van der Waals surface area contributed by atoms with E-state index in [4.69, 9.17) is 30.1 Å². The maximum Gasteiger partial charge on any atom is 0.326 e. The van der Waals surface area contributed by atoms with Gasteiger partial charge in [-0.1, -0.05) is 52.3 Å². The average molecular weight is 622 g/mol. The summed E-state index contributed by atoms with van der Waals surface area (Å²) in [5, 5.41) is 7.09. The lowest BCUT2D eigenvalue weighted by atomic mass is 9.78. The highest BCUT2D eigenvalue weighted by Gasteiger charge is 2.48. The minimum absolute atomic E-state index is 0.157. The van der Waals surface area contributed by atoms with Crippen LogP contribution in [0.2, 0.25) is 5.02 Å². The van der Waals surface area contributed by atoms with E-state index < -0.39 is 14.1 Å². The third-order valence-electron chi connectivity index (χ3n) is 7.19. The molecule has 2 aromatic rings. The molecule has 4 atom stereocenters. The number of hydrogen-bond donors (Lipinski definition) is 2. The van der Waals surface area contributed by atoms with E-state index in [0.29, 0.717) is 30.2 Å². The van der Waals surface area contributed by atoms with E-state index in [9.17, 15) is 4.79 Å². The number of halogens is 1. The maximum absolute atomic E-state index is 12.6. The molecule has 4 unspecified atom stereocenters. The molecule has 10 nitrogen and oxygen atoms in total. The van der Waals surface area contributed by atoms with Crippen molar-refractivity contribution in [2.75, 3.05) is 31.0 Å². The van der Waals surface area contributed by atoms with Crippen molar-refractivity contribution in [3.63, 3.8) is 0 Å². The number of hydrogen-bond acceptors (Lipinski definition) is 10. The van der Waals surface area contributed by atoms with Crippen LogP contribution < -0.4 is 19.8 Å². The SMILES string of the molecule is CC.CC.CNc1ncnc2c1CC=CN2C1OC(COP(NC2(C(=O)OC)CCC2)Oc2ccc(Cl)cc2)CC1C. The zero-order valence-electron chi connectivity index (χ0n) is 25.7. The van der Waals surface area contributed by atoms with Gasteiger partial charge in [0.1, 0.15) is 35.5 Å². The molecular weight excluding hydrogens is 577 g/mol. The number of nitrogens with zero attached hydrogens (tertiary/aromatic N) is 3. The van der Waals surface area contributed by atoms with Crippen molar-refractivity contribution in [2.45, 2.75) is 84.6 Å². The van der Waals surface area contributed by atoms with E-state index in [1.165, 1.54) is 7.11 Å². The van der Waals surface area contributed by atoms with Crippen LogP contribution >= 0.6 is 20.1 Å². The van der Waals surface area contributed by atoms with E-state index in [1.807, 2.05) is 40.9 Å². The number of benzene rings is 1. The average Bonchev–Trinajstić information content (AvgIpc) is 3.39. The third kappa shape index (κ3) is 7.91. The molecule has 1 aliphatic carbocycles. The van der Waals surface area contributed by atoms with Crippen molar-refractivity contribution >= 4 is 37.7 Å². The summed E-state index contributed by atoms with van der Waals surface area (Å²) in [7, 11) is 1.60. The van der Waals surface area contributed by atoms with Crippen LogP contribution in [0.3, 0.4) is 0 Å². The van der Waals surface area contributed by atoms with Gasteiger partial charge in [0, 0.05) is 29.8 Å². The first-order valence-electron chi connectivity index (χ1n) is 14.8. The van der Waals surface area contributed by atoms with Crippen LogP contribution in [0.15, 0.2) is 42.9 Å². The number of fused-ring (bicyclic) bond motifs is 1. The van der Waals surface area contributed by atoms with E-state index >= 15 is 0 Å². The van der Waals surface area contributed by atoms with Gasteiger partial charge in [-0.25, -0.2) is 15.1 Å². The van der Waals surface area contributed by atoms with Gasteiger partial charge >= 0.3 is 14.5 Å². The Kier molecular flexibility index (Phi) is 13.3. The van der Waals surface area contributed by atoms with Crippen LogP contribution in [0, 0.1) is 5.92 Å². The molecule has 3 heterocycles. The lowest BCUT2D eigenvalue weighted by molar-refractivity contribution is -0.151. The van der Waals surface area contributed by atoms with Crippen LogP contribution in [-0.2, 0) is 25.2 Å². The van der Waals surface area contributed by atoms with Crippen LogP contribution in [0.4, 0.5) is 11.6 Å². The Morgan fingerprint density at radius 3 is 2.52 bits per heavy atom. The molecule has 2 aliphatic heterocycles. The Labute approximate surface area is 256 Å². The summed E-state index contributed by atoms with van der Waals surface area (Å²) in [6.07, 6.45) is 9.19. The van der Waals surface area contributed by atoms with Gasteiger partial charge in [-0.15, -0.1) is 0 Å². The molecule has 3 aliphatic rings. The van der Waals surface area contributed by atoms with Crippen LogP contribution in [0.25, 0.3) is 0 Å². The van der Waals surface area contributed by atoms with Gasteiger partial charge in [0.2, 0.25) is 0 Å².